The molecule has 2 aliphatic rings. The number of hydrogen-bond donors (Lipinski definition) is 2. The van der Waals surface area contributed by atoms with Crippen LogP contribution >= 0.6 is 22.9 Å². The summed E-state index contributed by atoms with van der Waals surface area (Å²) in [5.74, 6) is -0.540. The molecular formula is C16H20ClN3O3S. The normalized spacial score (nSPS) is 26.8. The molecule has 24 heavy (non-hydrogen) atoms. The molecule has 1 saturated carbocycles. The molecule has 1 aromatic rings. The summed E-state index contributed by atoms with van der Waals surface area (Å²) < 4.78 is 0.654. The lowest BCUT2D eigenvalue weighted by atomic mass is 9.73. The predicted molar refractivity (Wildman–Crippen MR) is 91.8 cm³/mol. The van der Waals surface area contributed by atoms with Crippen LogP contribution in [0.25, 0.3) is 0 Å². The van der Waals surface area contributed by atoms with E-state index in [0.29, 0.717) is 17.3 Å². The van der Waals surface area contributed by atoms with Gasteiger partial charge in [0.1, 0.15) is 12.1 Å². The Morgan fingerprint density at radius 2 is 2.25 bits per heavy atom. The molecule has 1 saturated heterocycles. The largest absolute Gasteiger partial charge is 0.350 e. The van der Waals surface area contributed by atoms with Crippen molar-refractivity contribution in [3.05, 3.63) is 21.3 Å². The van der Waals surface area contributed by atoms with Gasteiger partial charge in [-0.2, -0.15) is 0 Å². The van der Waals surface area contributed by atoms with Gasteiger partial charge in [0.2, 0.25) is 5.91 Å². The molecule has 4 amide bonds. The summed E-state index contributed by atoms with van der Waals surface area (Å²) in [4.78, 5) is 39.0. The Hall–Kier alpha value is -1.60. The highest BCUT2D eigenvalue weighted by Crippen LogP contribution is 2.38. The molecule has 1 spiro atoms. The van der Waals surface area contributed by atoms with Crippen LogP contribution in [0.5, 0.6) is 0 Å². The number of nitrogens with zero attached hydrogens (tertiary/aromatic N) is 1. The number of nitrogens with one attached hydrogen (secondary N) is 2. The summed E-state index contributed by atoms with van der Waals surface area (Å²) >= 11 is 7.23. The van der Waals surface area contributed by atoms with Gasteiger partial charge in [0.05, 0.1) is 10.9 Å². The van der Waals surface area contributed by atoms with Gasteiger partial charge in [-0.3, -0.25) is 14.5 Å². The average molecular weight is 370 g/mol. The molecule has 0 radical (unpaired) electrons. The van der Waals surface area contributed by atoms with Crippen molar-refractivity contribution in [2.45, 2.75) is 44.7 Å². The molecule has 2 unspecified atom stereocenters. The highest BCUT2D eigenvalue weighted by Gasteiger charge is 2.55. The zero-order valence-corrected chi connectivity index (χ0v) is 15.0. The van der Waals surface area contributed by atoms with Gasteiger partial charge in [-0.25, -0.2) is 4.79 Å². The van der Waals surface area contributed by atoms with Crippen LogP contribution in [-0.2, 0) is 16.1 Å². The first-order valence-electron chi connectivity index (χ1n) is 8.07. The first-order chi connectivity index (χ1) is 11.4. The van der Waals surface area contributed by atoms with E-state index >= 15 is 0 Å². The van der Waals surface area contributed by atoms with Gasteiger partial charge in [-0.1, -0.05) is 31.4 Å². The molecule has 3 rings (SSSR count). The number of urea groups is 1. The van der Waals surface area contributed by atoms with Crippen molar-refractivity contribution in [1.82, 2.24) is 15.5 Å². The second-order valence-electron chi connectivity index (χ2n) is 6.42. The Morgan fingerprint density at radius 1 is 1.46 bits per heavy atom. The maximum Gasteiger partial charge on any atom is 0.325 e. The van der Waals surface area contributed by atoms with Crippen LogP contribution < -0.4 is 10.6 Å². The van der Waals surface area contributed by atoms with E-state index in [1.807, 2.05) is 13.0 Å². The molecule has 8 heteroatoms. The first kappa shape index (κ1) is 17.2. The van der Waals surface area contributed by atoms with Crippen molar-refractivity contribution in [2.75, 3.05) is 6.54 Å². The average Bonchev–Trinajstić information content (AvgIpc) is 3.06. The number of rotatable bonds is 4. The Balaban J connectivity index is 1.61. The number of amides is 4. The monoisotopic (exact) mass is 369 g/mol. The van der Waals surface area contributed by atoms with Gasteiger partial charge in [-0.05, 0) is 30.9 Å². The number of thiophene rings is 1. The second-order valence-corrected chi connectivity index (χ2v) is 8.22. The molecule has 6 nitrogen and oxygen atoms in total. The molecule has 0 aromatic carbocycles. The minimum atomic E-state index is -0.823. The number of hydrogen-bond acceptors (Lipinski definition) is 4. The molecule has 2 atom stereocenters. The van der Waals surface area contributed by atoms with E-state index in [9.17, 15) is 14.4 Å². The lowest BCUT2D eigenvalue weighted by molar-refractivity contribution is -0.137. The quantitative estimate of drug-likeness (QED) is 0.800. The summed E-state index contributed by atoms with van der Waals surface area (Å²) in [5.41, 5.74) is -0.823. The van der Waals surface area contributed by atoms with Crippen LogP contribution in [0.15, 0.2) is 12.1 Å². The highest BCUT2D eigenvalue weighted by molar-refractivity contribution is 7.16. The minimum Gasteiger partial charge on any atom is -0.350 e. The molecule has 1 aliphatic heterocycles. The predicted octanol–water partition coefficient (Wildman–Crippen LogP) is 2.52. The van der Waals surface area contributed by atoms with Gasteiger partial charge in [0.25, 0.3) is 5.91 Å². The van der Waals surface area contributed by atoms with E-state index in [1.54, 1.807) is 6.07 Å². The van der Waals surface area contributed by atoms with Crippen LogP contribution in [-0.4, -0.2) is 34.8 Å². The van der Waals surface area contributed by atoms with E-state index in [-0.39, 0.29) is 24.3 Å². The summed E-state index contributed by atoms with van der Waals surface area (Å²) in [6.07, 6.45) is 3.53. The SMILES string of the molecule is CC1CCCCC12NC(=O)N(CC(=O)NCc1ccc(Cl)s1)C2=O. The highest BCUT2D eigenvalue weighted by atomic mass is 35.5. The Bertz CT molecular complexity index is 677. The van der Waals surface area contributed by atoms with E-state index in [2.05, 4.69) is 10.6 Å². The minimum absolute atomic E-state index is 0.0871. The maximum absolute atomic E-state index is 12.8. The lowest BCUT2D eigenvalue weighted by Crippen LogP contribution is -2.54. The van der Waals surface area contributed by atoms with E-state index in [0.717, 1.165) is 29.0 Å². The van der Waals surface area contributed by atoms with Gasteiger partial charge < -0.3 is 10.6 Å². The van der Waals surface area contributed by atoms with Crippen LogP contribution in [0.1, 0.15) is 37.5 Å². The number of halogens is 1. The topological polar surface area (TPSA) is 78.5 Å². The van der Waals surface area contributed by atoms with Crippen LogP contribution in [0.3, 0.4) is 0 Å². The number of imide groups is 1. The molecule has 2 heterocycles. The van der Waals surface area contributed by atoms with Crippen LogP contribution in [0.2, 0.25) is 4.34 Å². The fourth-order valence-electron chi connectivity index (χ4n) is 3.47. The van der Waals surface area contributed by atoms with E-state index in [4.69, 9.17) is 11.6 Å². The Morgan fingerprint density at radius 3 is 2.92 bits per heavy atom. The van der Waals surface area contributed by atoms with Crippen molar-refractivity contribution >= 4 is 40.8 Å². The molecule has 130 valence electrons. The van der Waals surface area contributed by atoms with Crippen LogP contribution in [0.4, 0.5) is 4.79 Å². The lowest BCUT2D eigenvalue weighted by Gasteiger charge is -2.36. The zero-order valence-electron chi connectivity index (χ0n) is 13.4. The third kappa shape index (κ3) is 3.15. The van der Waals surface area contributed by atoms with Crippen molar-refractivity contribution in [3.63, 3.8) is 0 Å². The summed E-state index contributed by atoms with van der Waals surface area (Å²) in [7, 11) is 0. The van der Waals surface area contributed by atoms with Gasteiger partial charge in [0, 0.05) is 4.88 Å². The standard InChI is InChI=1S/C16H20ClN3O3S/c1-10-4-2-3-7-16(10)14(22)20(15(23)19-16)9-13(21)18-8-11-5-6-12(17)24-11/h5-6,10H,2-4,7-9H2,1H3,(H,18,21)(H,19,23). The molecule has 2 fully saturated rings. The molecule has 1 aliphatic carbocycles. The second kappa shape index (κ2) is 6.72. The van der Waals surface area contributed by atoms with Gasteiger partial charge in [-0.15, -0.1) is 11.3 Å². The smallest absolute Gasteiger partial charge is 0.325 e. The zero-order chi connectivity index (χ0) is 17.3. The molecular weight excluding hydrogens is 350 g/mol. The third-order valence-electron chi connectivity index (χ3n) is 4.89. The number of carbonyl (C=O) groups excluding carboxylic acids is 3. The Kier molecular flexibility index (Phi) is 4.83. The van der Waals surface area contributed by atoms with Crippen LogP contribution in [0, 0.1) is 5.92 Å². The summed E-state index contributed by atoms with van der Waals surface area (Å²) in [6.45, 7) is 2.07. The maximum atomic E-state index is 12.8. The van der Waals surface area contributed by atoms with Crippen molar-refractivity contribution in [2.24, 2.45) is 5.92 Å². The molecule has 2 N–H and O–H groups in total. The molecule has 0 bridgehead atoms. The summed E-state index contributed by atoms with van der Waals surface area (Å²) in [5, 5.41) is 5.57. The van der Waals surface area contributed by atoms with Gasteiger partial charge in [0.15, 0.2) is 0 Å². The van der Waals surface area contributed by atoms with E-state index < -0.39 is 11.6 Å². The fourth-order valence-corrected chi connectivity index (χ4v) is 4.50. The van der Waals surface area contributed by atoms with Crippen molar-refractivity contribution < 1.29 is 14.4 Å². The fraction of sp³-hybridized carbons (Fsp3) is 0.562. The molecule has 1 aromatic heterocycles. The van der Waals surface area contributed by atoms with Gasteiger partial charge >= 0.3 is 6.03 Å². The first-order valence-corrected chi connectivity index (χ1v) is 9.27. The van der Waals surface area contributed by atoms with Crippen molar-refractivity contribution in [1.29, 1.82) is 0 Å². The Labute approximate surface area is 149 Å². The van der Waals surface area contributed by atoms with Crippen molar-refractivity contribution in [3.8, 4) is 0 Å². The van der Waals surface area contributed by atoms with E-state index in [1.165, 1.54) is 11.3 Å². The summed E-state index contributed by atoms with van der Waals surface area (Å²) in [6, 6.07) is 3.13. The third-order valence-corrected chi connectivity index (χ3v) is 6.12. The number of carbonyl (C=O) groups is 3.